The number of fused-ring (bicyclic) bond motifs is 3. The van der Waals surface area contributed by atoms with Gasteiger partial charge in [0, 0.05) is 18.2 Å². The average Bonchev–Trinajstić information content (AvgIpc) is 3.24. The minimum atomic E-state index is -0.0888. The van der Waals surface area contributed by atoms with Crippen molar-refractivity contribution in [1.82, 2.24) is 0 Å². The van der Waals surface area contributed by atoms with E-state index in [-0.39, 0.29) is 5.54 Å². The molecule has 0 bridgehead atoms. The third kappa shape index (κ3) is 1.57. The molecule has 0 aliphatic carbocycles. The zero-order chi connectivity index (χ0) is 13.7. The Morgan fingerprint density at radius 3 is 2.60 bits per heavy atom. The van der Waals surface area contributed by atoms with Crippen molar-refractivity contribution in [2.24, 2.45) is 4.99 Å². The third-order valence-corrected chi connectivity index (χ3v) is 4.05. The summed E-state index contributed by atoms with van der Waals surface area (Å²) in [7, 11) is 3.30. The van der Waals surface area contributed by atoms with Crippen molar-refractivity contribution in [3.63, 3.8) is 0 Å². The Labute approximate surface area is 117 Å². The summed E-state index contributed by atoms with van der Waals surface area (Å²) < 4.78 is 16.6. The van der Waals surface area contributed by atoms with Crippen molar-refractivity contribution in [2.75, 3.05) is 20.8 Å². The van der Waals surface area contributed by atoms with Gasteiger partial charge in [-0.15, -0.1) is 0 Å². The van der Waals surface area contributed by atoms with Gasteiger partial charge >= 0.3 is 0 Å². The molecule has 4 nitrogen and oxygen atoms in total. The van der Waals surface area contributed by atoms with Crippen LogP contribution in [0.1, 0.15) is 5.56 Å². The van der Waals surface area contributed by atoms with Crippen LogP contribution in [0.3, 0.4) is 0 Å². The maximum Gasteiger partial charge on any atom is 0.161 e. The van der Waals surface area contributed by atoms with E-state index in [0.29, 0.717) is 6.61 Å². The van der Waals surface area contributed by atoms with Crippen LogP contribution >= 0.6 is 0 Å². The lowest BCUT2D eigenvalue weighted by atomic mass is 9.91. The smallest absolute Gasteiger partial charge is 0.161 e. The van der Waals surface area contributed by atoms with Crippen molar-refractivity contribution in [2.45, 2.75) is 12.0 Å². The van der Waals surface area contributed by atoms with Crippen molar-refractivity contribution in [1.29, 1.82) is 0 Å². The summed E-state index contributed by atoms with van der Waals surface area (Å²) in [5.41, 5.74) is 1.11. The van der Waals surface area contributed by atoms with Gasteiger partial charge in [0.25, 0.3) is 0 Å². The van der Waals surface area contributed by atoms with Crippen molar-refractivity contribution < 1.29 is 14.2 Å². The number of benzene rings is 2. The Kier molecular flexibility index (Phi) is 2.25. The van der Waals surface area contributed by atoms with Crippen LogP contribution in [0.25, 0.3) is 10.8 Å². The van der Waals surface area contributed by atoms with E-state index in [9.17, 15) is 0 Å². The van der Waals surface area contributed by atoms with E-state index >= 15 is 0 Å². The summed E-state index contributed by atoms with van der Waals surface area (Å²) in [5.74, 6) is 2.43. The van der Waals surface area contributed by atoms with Crippen molar-refractivity contribution in [3.8, 4) is 17.2 Å². The molecule has 1 unspecified atom stereocenters. The molecule has 102 valence electrons. The monoisotopic (exact) mass is 269 g/mol. The molecule has 2 aliphatic rings. The maximum absolute atomic E-state index is 5.84. The molecule has 0 saturated heterocycles. The molecule has 0 aromatic heterocycles. The molecular weight excluding hydrogens is 254 g/mol. The molecule has 2 heterocycles. The minimum Gasteiger partial charge on any atom is -0.493 e. The largest absolute Gasteiger partial charge is 0.493 e. The molecule has 0 amide bonds. The molecule has 4 rings (SSSR count). The van der Waals surface area contributed by atoms with Crippen LogP contribution in [0.4, 0.5) is 0 Å². The fourth-order valence-corrected chi connectivity index (χ4v) is 2.83. The fraction of sp³-hybridized carbons (Fsp3) is 0.312. The second-order valence-corrected chi connectivity index (χ2v) is 5.30. The van der Waals surface area contributed by atoms with Crippen LogP contribution in [0.5, 0.6) is 17.2 Å². The number of nitrogens with zero attached hydrogens (tertiary/aromatic N) is 1. The summed E-state index contributed by atoms with van der Waals surface area (Å²) in [6, 6.07) is 8.11. The average molecular weight is 269 g/mol. The van der Waals surface area contributed by atoms with E-state index in [1.165, 1.54) is 5.56 Å². The number of methoxy groups -OCH3 is 2. The molecule has 2 aliphatic heterocycles. The van der Waals surface area contributed by atoms with E-state index in [2.05, 4.69) is 11.1 Å². The highest BCUT2D eigenvalue weighted by Gasteiger charge is 2.42. The normalized spacial score (nSPS) is 22.5. The quantitative estimate of drug-likeness (QED) is 0.841. The Morgan fingerprint density at radius 2 is 1.90 bits per heavy atom. The number of rotatable bonds is 2. The van der Waals surface area contributed by atoms with Gasteiger partial charge in [-0.05, 0) is 29.0 Å². The minimum absolute atomic E-state index is 0.0888. The number of ether oxygens (including phenoxy) is 3. The summed E-state index contributed by atoms with van der Waals surface area (Å²) in [6.07, 6.45) is 2.88. The molecule has 1 atom stereocenters. The Morgan fingerprint density at radius 1 is 1.15 bits per heavy atom. The van der Waals surface area contributed by atoms with Gasteiger partial charge in [0.05, 0.1) is 14.2 Å². The molecule has 0 saturated carbocycles. The highest BCUT2D eigenvalue weighted by Crippen LogP contribution is 2.42. The Hall–Kier alpha value is -2.23. The summed E-state index contributed by atoms with van der Waals surface area (Å²) in [6.45, 7) is 0.652. The first-order valence-corrected chi connectivity index (χ1v) is 6.61. The lowest BCUT2D eigenvalue weighted by molar-refractivity contribution is 0.258. The van der Waals surface area contributed by atoms with Crippen LogP contribution in [0, 0.1) is 0 Å². The molecule has 20 heavy (non-hydrogen) atoms. The third-order valence-electron chi connectivity index (χ3n) is 4.05. The number of hydrogen-bond donors (Lipinski definition) is 0. The van der Waals surface area contributed by atoms with Gasteiger partial charge in [0.2, 0.25) is 0 Å². The highest BCUT2D eigenvalue weighted by molar-refractivity contribution is 5.93. The molecular formula is C16H15NO3. The first-order chi connectivity index (χ1) is 9.74. The fourth-order valence-electron chi connectivity index (χ4n) is 2.83. The van der Waals surface area contributed by atoms with Crippen molar-refractivity contribution >= 4 is 17.0 Å². The number of aliphatic imine (C=N–C) groups is 1. The first kappa shape index (κ1) is 11.6. The maximum atomic E-state index is 5.84. The molecule has 0 fully saturated rings. The zero-order valence-corrected chi connectivity index (χ0v) is 11.5. The second kappa shape index (κ2) is 3.88. The molecule has 1 spiro atoms. The van der Waals surface area contributed by atoms with Crippen LogP contribution in [-0.2, 0) is 6.42 Å². The molecule has 0 N–H and O–H groups in total. The highest BCUT2D eigenvalue weighted by atomic mass is 16.5. The summed E-state index contributed by atoms with van der Waals surface area (Å²) >= 11 is 0. The van der Waals surface area contributed by atoms with Crippen LogP contribution < -0.4 is 14.2 Å². The van der Waals surface area contributed by atoms with Gasteiger partial charge in [-0.1, -0.05) is 6.07 Å². The van der Waals surface area contributed by atoms with Crippen LogP contribution in [-0.4, -0.2) is 32.6 Å². The SMILES string of the molecule is COc1cc2ccc3c(c2cc1OC)CC1(C=N1)CO3. The number of hydrogen-bond acceptors (Lipinski definition) is 4. The van der Waals surface area contributed by atoms with E-state index in [1.807, 2.05) is 24.4 Å². The molecule has 2 aromatic carbocycles. The van der Waals surface area contributed by atoms with Crippen molar-refractivity contribution in [3.05, 3.63) is 29.8 Å². The van der Waals surface area contributed by atoms with Gasteiger partial charge in [-0.25, -0.2) is 0 Å². The van der Waals surface area contributed by atoms with Crippen LogP contribution in [0.2, 0.25) is 0 Å². The molecule has 2 aromatic rings. The van der Waals surface area contributed by atoms with Gasteiger partial charge < -0.3 is 14.2 Å². The molecule has 0 radical (unpaired) electrons. The van der Waals surface area contributed by atoms with Gasteiger partial charge in [-0.3, -0.25) is 4.99 Å². The zero-order valence-electron chi connectivity index (χ0n) is 11.5. The van der Waals surface area contributed by atoms with Gasteiger partial charge in [0.1, 0.15) is 17.9 Å². The van der Waals surface area contributed by atoms with E-state index in [1.54, 1.807) is 14.2 Å². The second-order valence-electron chi connectivity index (χ2n) is 5.30. The Bertz CT molecular complexity index is 730. The first-order valence-electron chi connectivity index (χ1n) is 6.61. The standard InChI is InChI=1S/C16H15NO3/c1-18-14-5-10-3-4-13-12(11(10)6-15(14)19-2)7-16(8-17-16)9-20-13/h3-6,8H,7,9H2,1-2H3. The van der Waals surface area contributed by atoms with E-state index in [0.717, 1.165) is 34.4 Å². The lowest BCUT2D eigenvalue weighted by Crippen LogP contribution is -2.31. The lowest BCUT2D eigenvalue weighted by Gasteiger charge is -2.25. The predicted octanol–water partition coefficient (Wildman–Crippen LogP) is 2.62. The van der Waals surface area contributed by atoms with Gasteiger partial charge in [0.15, 0.2) is 11.5 Å². The van der Waals surface area contributed by atoms with E-state index < -0.39 is 0 Å². The predicted molar refractivity (Wildman–Crippen MR) is 77.5 cm³/mol. The summed E-state index contributed by atoms with van der Waals surface area (Å²) in [4.78, 5) is 4.37. The van der Waals surface area contributed by atoms with Crippen LogP contribution in [0.15, 0.2) is 29.3 Å². The topological polar surface area (TPSA) is 40.0 Å². The van der Waals surface area contributed by atoms with Gasteiger partial charge in [-0.2, -0.15) is 0 Å². The summed E-state index contributed by atoms with van der Waals surface area (Å²) in [5, 5.41) is 2.28. The Balaban J connectivity index is 1.93. The molecule has 4 heteroatoms. The van der Waals surface area contributed by atoms with E-state index in [4.69, 9.17) is 14.2 Å².